The summed E-state index contributed by atoms with van der Waals surface area (Å²) in [5, 5.41) is 0. The van der Waals surface area contributed by atoms with Gasteiger partial charge in [0.15, 0.2) is 0 Å². The van der Waals surface area contributed by atoms with E-state index in [0.29, 0.717) is 0 Å². The van der Waals surface area contributed by atoms with Crippen molar-refractivity contribution in [3.05, 3.63) is 46.3 Å². The van der Waals surface area contributed by atoms with Crippen molar-refractivity contribution < 1.29 is 4.39 Å². The van der Waals surface area contributed by atoms with E-state index in [2.05, 4.69) is 32.9 Å². The predicted molar refractivity (Wildman–Crippen MR) is 78.1 cm³/mol. The van der Waals surface area contributed by atoms with E-state index >= 15 is 0 Å². The van der Waals surface area contributed by atoms with Crippen LogP contribution in [0.3, 0.4) is 0 Å². The first-order valence-corrected chi connectivity index (χ1v) is 6.76. The normalized spacial score (nSPS) is 23.7. The van der Waals surface area contributed by atoms with Gasteiger partial charge in [-0.3, -0.25) is 0 Å². The van der Waals surface area contributed by atoms with Gasteiger partial charge in [-0.05, 0) is 64.5 Å². The molecule has 1 atom stereocenters. The molecule has 0 nitrogen and oxygen atoms in total. The molecule has 2 rings (SSSR count). The maximum Gasteiger partial charge on any atom is 0.122 e. The fraction of sp³-hybridized carbons (Fsp3) is 0.529. The first kappa shape index (κ1) is 14.9. The average molecular weight is 248 g/mol. The molecule has 0 heterocycles. The standard InChI is InChI=1S/C9H14.C8H11F/c1-7-4-5-8(2)9(3)6-7;1-6-3-4-7(2)8(9)5-6/h4-5,9H,6H2,1-3H3;5H,3-4H2,1-2H3. The lowest BCUT2D eigenvalue weighted by Gasteiger charge is -2.15. The van der Waals surface area contributed by atoms with Crippen molar-refractivity contribution in [2.24, 2.45) is 5.92 Å². The molecule has 0 saturated heterocycles. The van der Waals surface area contributed by atoms with Crippen molar-refractivity contribution in [1.82, 2.24) is 0 Å². The molecule has 0 bridgehead atoms. The zero-order valence-corrected chi connectivity index (χ0v) is 12.3. The molecule has 0 aromatic rings. The summed E-state index contributed by atoms with van der Waals surface area (Å²) in [6, 6.07) is 0. The Morgan fingerprint density at radius 3 is 2.11 bits per heavy atom. The summed E-state index contributed by atoms with van der Waals surface area (Å²) in [4.78, 5) is 0. The highest BCUT2D eigenvalue weighted by Gasteiger charge is 2.07. The van der Waals surface area contributed by atoms with Crippen LogP contribution in [0.15, 0.2) is 46.3 Å². The van der Waals surface area contributed by atoms with Gasteiger partial charge in [0.1, 0.15) is 5.83 Å². The summed E-state index contributed by atoms with van der Waals surface area (Å²) in [7, 11) is 0. The van der Waals surface area contributed by atoms with Gasteiger partial charge in [0.2, 0.25) is 0 Å². The van der Waals surface area contributed by atoms with Crippen LogP contribution in [0, 0.1) is 5.92 Å². The van der Waals surface area contributed by atoms with E-state index in [9.17, 15) is 4.39 Å². The van der Waals surface area contributed by atoms with Crippen molar-refractivity contribution in [3.8, 4) is 0 Å². The molecule has 0 spiro atoms. The van der Waals surface area contributed by atoms with E-state index in [0.717, 1.165) is 29.9 Å². The van der Waals surface area contributed by atoms with Crippen LogP contribution in [0.2, 0.25) is 0 Å². The molecule has 1 heteroatoms. The van der Waals surface area contributed by atoms with Crippen LogP contribution < -0.4 is 0 Å². The molecule has 0 fully saturated rings. The lowest BCUT2D eigenvalue weighted by Crippen LogP contribution is -2.00. The Morgan fingerprint density at radius 1 is 1.00 bits per heavy atom. The van der Waals surface area contributed by atoms with E-state index in [1.807, 2.05) is 13.8 Å². The second-order valence-corrected chi connectivity index (χ2v) is 5.65. The van der Waals surface area contributed by atoms with Crippen LogP contribution in [0.4, 0.5) is 4.39 Å². The highest BCUT2D eigenvalue weighted by Crippen LogP contribution is 2.24. The summed E-state index contributed by atoms with van der Waals surface area (Å²) >= 11 is 0. The van der Waals surface area contributed by atoms with Gasteiger partial charge in [-0.1, -0.05) is 35.8 Å². The van der Waals surface area contributed by atoms with E-state index in [1.54, 1.807) is 6.08 Å². The van der Waals surface area contributed by atoms with Gasteiger partial charge in [-0.25, -0.2) is 4.39 Å². The lowest BCUT2D eigenvalue weighted by molar-refractivity contribution is 0.630. The van der Waals surface area contributed by atoms with Crippen molar-refractivity contribution >= 4 is 0 Å². The third kappa shape index (κ3) is 4.64. The zero-order chi connectivity index (χ0) is 13.7. The molecule has 0 N–H and O–H groups in total. The number of allylic oxidation sites excluding steroid dienone is 8. The maximum absolute atomic E-state index is 12.6. The zero-order valence-electron chi connectivity index (χ0n) is 12.3. The summed E-state index contributed by atoms with van der Waals surface area (Å²) in [5.74, 6) is 0.744. The van der Waals surface area contributed by atoms with Crippen LogP contribution in [0.1, 0.15) is 53.9 Å². The molecule has 100 valence electrons. The summed E-state index contributed by atoms with van der Waals surface area (Å²) in [5.41, 5.74) is 5.06. The Hall–Kier alpha value is -1.11. The summed E-state index contributed by atoms with van der Waals surface area (Å²) in [6.45, 7) is 10.5. The van der Waals surface area contributed by atoms with Crippen LogP contribution in [-0.4, -0.2) is 0 Å². The van der Waals surface area contributed by atoms with Gasteiger partial charge < -0.3 is 0 Å². The number of hydrogen-bond donors (Lipinski definition) is 0. The topological polar surface area (TPSA) is 0 Å². The van der Waals surface area contributed by atoms with Crippen molar-refractivity contribution in [3.63, 3.8) is 0 Å². The first-order valence-electron chi connectivity index (χ1n) is 6.76. The molecule has 2 aliphatic rings. The molecular formula is C17H25F. The molecule has 0 aromatic heterocycles. The highest BCUT2D eigenvalue weighted by molar-refractivity contribution is 5.26. The number of halogens is 1. The van der Waals surface area contributed by atoms with Crippen molar-refractivity contribution in [2.45, 2.75) is 53.9 Å². The lowest BCUT2D eigenvalue weighted by atomic mass is 9.90. The monoisotopic (exact) mass is 248 g/mol. The van der Waals surface area contributed by atoms with Crippen molar-refractivity contribution in [2.75, 3.05) is 0 Å². The number of rotatable bonds is 0. The van der Waals surface area contributed by atoms with Gasteiger partial charge in [0.25, 0.3) is 0 Å². The Kier molecular flexibility index (Phi) is 5.58. The average Bonchev–Trinajstić information content (AvgIpc) is 2.30. The minimum absolute atomic E-state index is 0.0289. The third-order valence-corrected chi connectivity index (χ3v) is 3.71. The SMILES string of the molecule is CC1=CC(F)=C(C)CC1.CC1=CC=C(C)C(C)C1. The molecule has 0 saturated carbocycles. The van der Waals surface area contributed by atoms with Crippen LogP contribution in [0.25, 0.3) is 0 Å². The van der Waals surface area contributed by atoms with Crippen LogP contribution in [-0.2, 0) is 0 Å². The Bertz CT molecular complexity index is 419. The summed E-state index contributed by atoms with van der Waals surface area (Å²) in [6.07, 6.45) is 9.24. The maximum atomic E-state index is 12.6. The van der Waals surface area contributed by atoms with Crippen LogP contribution >= 0.6 is 0 Å². The molecule has 0 radical (unpaired) electrons. The molecule has 2 aliphatic carbocycles. The van der Waals surface area contributed by atoms with Gasteiger partial charge in [0.05, 0.1) is 0 Å². The molecule has 0 aliphatic heterocycles. The highest BCUT2D eigenvalue weighted by atomic mass is 19.1. The Labute approximate surface area is 111 Å². The van der Waals surface area contributed by atoms with Gasteiger partial charge >= 0.3 is 0 Å². The minimum Gasteiger partial charge on any atom is -0.207 e. The van der Waals surface area contributed by atoms with Crippen LogP contribution in [0.5, 0.6) is 0 Å². The first-order chi connectivity index (χ1) is 8.40. The fourth-order valence-corrected chi connectivity index (χ4v) is 2.07. The molecule has 18 heavy (non-hydrogen) atoms. The minimum atomic E-state index is -0.0289. The van der Waals surface area contributed by atoms with Gasteiger partial charge in [-0.2, -0.15) is 0 Å². The number of hydrogen-bond acceptors (Lipinski definition) is 0. The second-order valence-electron chi connectivity index (χ2n) is 5.65. The Balaban J connectivity index is 0.000000180. The molecular weight excluding hydrogens is 223 g/mol. The third-order valence-electron chi connectivity index (χ3n) is 3.71. The van der Waals surface area contributed by atoms with Gasteiger partial charge in [0, 0.05) is 0 Å². The van der Waals surface area contributed by atoms with Gasteiger partial charge in [-0.15, -0.1) is 0 Å². The molecule has 0 amide bonds. The quantitative estimate of drug-likeness (QED) is 0.501. The Morgan fingerprint density at radius 2 is 1.67 bits per heavy atom. The fourth-order valence-electron chi connectivity index (χ4n) is 2.07. The van der Waals surface area contributed by atoms with Crippen molar-refractivity contribution in [1.29, 1.82) is 0 Å². The van der Waals surface area contributed by atoms with E-state index in [-0.39, 0.29) is 5.83 Å². The predicted octanol–water partition coefficient (Wildman–Crippen LogP) is 5.89. The second kappa shape index (κ2) is 6.72. The molecule has 1 unspecified atom stereocenters. The largest absolute Gasteiger partial charge is 0.207 e. The molecule has 0 aromatic carbocycles. The smallest absolute Gasteiger partial charge is 0.122 e. The van der Waals surface area contributed by atoms with E-state index in [4.69, 9.17) is 0 Å². The van der Waals surface area contributed by atoms with E-state index < -0.39 is 0 Å². The van der Waals surface area contributed by atoms with E-state index in [1.165, 1.54) is 17.6 Å². The summed E-state index contributed by atoms with van der Waals surface area (Å²) < 4.78 is 12.6.